The summed E-state index contributed by atoms with van der Waals surface area (Å²) < 4.78 is 5.68. The Balaban J connectivity index is 2.26. The molecule has 2 aromatic heterocycles. The second-order valence-electron chi connectivity index (χ2n) is 5.20. The van der Waals surface area contributed by atoms with Crippen molar-refractivity contribution in [2.45, 2.75) is 0 Å². The molecule has 4 heteroatoms. The van der Waals surface area contributed by atoms with Gasteiger partial charge in [0.15, 0.2) is 0 Å². The average Bonchev–Trinajstić information content (AvgIpc) is 2.61. The van der Waals surface area contributed by atoms with Crippen molar-refractivity contribution in [3.05, 3.63) is 72.0 Å². The van der Waals surface area contributed by atoms with Crippen LogP contribution in [0.3, 0.4) is 0 Å². The summed E-state index contributed by atoms with van der Waals surface area (Å²) in [6, 6.07) is 17.6. The number of nitrogens with one attached hydrogen (secondary N) is 1. The summed E-state index contributed by atoms with van der Waals surface area (Å²) in [7, 11) is 0. The van der Waals surface area contributed by atoms with Crippen molar-refractivity contribution in [1.82, 2.24) is 4.98 Å². The van der Waals surface area contributed by atoms with Crippen molar-refractivity contribution in [3.63, 3.8) is 0 Å². The van der Waals surface area contributed by atoms with Gasteiger partial charge < -0.3 is 4.42 Å². The quantitative estimate of drug-likeness (QED) is 0.540. The van der Waals surface area contributed by atoms with Gasteiger partial charge in [-0.3, -0.25) is 10.4 Å². The molecule has 0 radical (unpaired) electrons. The van der Waals surface area contributed by atoms with E-state index in [-0.39, 0.29) is 11.1 Å². The minimum Gasteiger partial charge on any atom is -0.437 e. The average molecular weight is 297 g/mol. The molecule has 4 rings (SSSR count). The number of nitriles is 1. The Morgan fingerprint density at radius 2 is 1.87 bits per heavy atom. The predicted molar refractivity (Wildman–Crippen MR) is 87.5 cm³/mol. The van der Waals surface area contributed by atoms with Crippen LogP contribution in [0.25, 0.3) is 32.9 Å². The van der Waals surface area contributed by atoms with Crippen LogP contribution >= 0.6 is 0 Å². The molecule has 2 heterocycles. The van der Waals surface area contributed by atoms with Crippen molar-refractivity contribution in [3.8, 4) is 17.2 Å². The van der Waals surface area contributed by atoms with Gasteiger partial charge >= 0.3 is 0 Å². The molecular formula is C19H11N3O. The second kappa shape index (κ2) is 5.08. The first kappa shape index (κ1) is 13.2. The van der Waals surface area contributed by atoms with Gasteiger partial charge in [0.1, 0.15) is 17.2 Å². The minimum atomic E-state index is -0.129. The van der Waals surface area contributed by atoms with Crippen LogP contribution in [0.1, 0.15) is 5.56 Å². The van der Waals surface area contributed by atoms with Gasteiger partial charge in [0.05, 0.1) is 0 Å². The zero-order chi connectivity index (χ0) is 15.8. The summed E-state index contributed by atoms with van der Waals surface area (Å²) in [5.41, 5.74) is 2.20. The molecule has 0 spiro atoms. The fourth-order valence-corrected chi connectivity index (χ4v) is 2.87. The molecule has 23 heavy (non-hydrogen) atoms. The largest absolute Gasteiger partial charge is 0.437 e. The van der Waals surface area contributed by atoms with E-state index in [2.05, 4.69) is 11.1 Å². The SMILES string of the molecule is N#Cc1c(-c2cccnc2)c2ccc3ccccc3c2oc1=N. The molecular weight excluding hydrogens is 286 g/mol. The van der Waals surface area contributed by atoms with Gasteiger partial charge in [-0.25, -0.2) is 0 Å². The molecule has 4 nitrogen and oxygen atoms in total. The Labute approximate surface area is 131 Å². The normalized spacial score (nSPS) is 10.7. The smallest absolute Gasteiger partial charge is 0.230 e. The van der Waals surface area contributed by atoms with Gasteiger partial charge in [-0.2, -0.15) is 5.26 Å². The van der Waals surface area contributed by atoms with Crippen molar-refractivity contribution in [2.75, 3.05) is 0 Å². The fourth-order valence-electron chi connectivity index (χ4n) is 2.87. The van der Waals surface area contributed by atoms with Crippen LogP contribution in [-0.4, -0.2) is 4.98 Å². The van der Waals surface area contributed by atoms with Crippen molar-refractivity contribution in [1.29, 1.82) is 10.7 Å². The third-order valence-electron chi connectivity index (χ3n) is 3.89. The number of fused-ring (bicyclic) bond motifs is 3. The highest BCUT2D eigenvalue weighted by Crippen LogP contribution is 2.33. The fraction of sp³-hybridized carbons (Fsp3) is 0. The second-order valence-corrected chi connectivity index (χ2v) is 5.20. The summed E-state index contributed by atoms with van der Waals surface area (Å²) in [6.07, 6.45) is 3.38. The summed E-state index contributed by atoms with van der Waals surface area (Å²) in [4.78, 5) is 4.13. The van der Waals surface area contributed by atoms with Crippen LogP contribution in [0.5, 0.6) is 0 Å². The van der Waals surface area contributed by atoms with E-state index in [1.807, 2.05) is 48.5 Å². The summed E-state index contributed by atoms with van der Waals surface area (Å²) in [5.74, 6) is 0. The van der Waals surface area contributed by atoms with E-state index < -0.39 is 0 Å². The number of benzene rings is 2. The van der Waals surface area contributed by atoms with Crippen LogP contribution in [0.2, 0.25) is 0 Å². The number of hydrogen-bond donors (Lipinski definition) is 1. The first-order chi connectivity index (χ1) is 11.3. The number of nitrogens with zero attached hydrogens (tertiary/aromatic N) is 2. The molecule has 0 saturated carbocycles. The molecule has 108 valence electrons. The summed E-state index contributed by atoms with van der Waals surface area (Å²) in [6.45, 7) is 0. The first-order valence-electron chi connectivity index (χ1n) is 7.13. The molecule has 0 aliphatic carbocycles. The maximum absolute atomic E-state index is 9.48. The van der Waals surface area contributed by atoms with E-state index in [1.165, 1.54) is 0 Å². The van der Waals surface area contributed by atoms with E-state index in [0.29, 0.717) is 11.1 Å². The summed E-state index contributed by atoms with van der Waals surface area (Å²) in [5, 5.41) is 20.4. The Bertz CT molecular complexity index is 1140. The van der Waals surface area contributed by atoms with Gasteiger partial charge in [0, 0.05) is 34.3 Å². The minimum absolute atomic E-state index is 0.129. The Morgan fingerprint density at radius 1 is 1.00 bits per heavy atom. The zero-order valence-corrected chi connectivity index (χ0v) is 12.1. The lowest BCUT2D eigenvalue weighted by atomic mass is 9.96. The van der Waals surface area contributed by atoms with Crippen molar-refractivity contribution >= 4 is 21.7 Å². The lowest BCUT2D eigenvalue weighted by Gasteiger charge is -2.10. The molecule has 0 bridgehead atoms. The Hall–Kier alpha value is -3.45. The maximum atomic E-state index is 9.48. The molecule has 0 unspecified atom stereocenters. The topological polar surface area (TPSA) is 73.7 Å². The van der Waals surface area contributed by atoms with Crippen molar-refractivity contribution in [2.24, 2.45) is 0 Å². The highest BCUT2D eigenvalue weighted by Gasteiger charge is 2.16. The van der Waals surface area contributed by atoms with Crippen LogP contribution in [-0.2, 0) is 0 Å². The van der Waals surface area contributed by atoms with Gasteiger partial charge in [-0.1, -0.05) is 36.4 Å². The lowest BCUT2D eigenvalue weighted by Crippen LogP contribution is -2.07. The van der Waals surface area contributed by atoms with E-state index in [0.717, 1.165) is 21.7 Å². The third-order valence-corrected chi connectivity index (χ3v) is 3.89. The molecule has 0 atom stereocenters. The molecule has 0 fully saturated rings. The van der Waals surface area contributed by atoms with Gasteiger partial charge in [0.2, 0.25) is 5.55 Å². The molecule has 1 N–H and O–H groups in total. The molecule has 0 amide bonds. The monoisotopic (exact) mass is 297 g/mol. The number of aromatic nitrogens is 1. The van der Waals surface area contributed by atoms with Crippen molar-refractivity contribution < 1.29 is 4.42 Å². The predicted octanol–water partition coefficient (Wildman–Crippen LogP) is 4.00. The zero-order valence-electron chi connectivity index (χ0n) is 12.1. The Morgan fingerprint density at radius 3 is 2.65 bits per heavy atom. The molecule has 0 aliphatic rings. The third kappa shape index (κ3) is 1.99. The highest BCUT2D eigenvalue weighted by molar-refractivity contribution is 6.09. The number of rotatable bonds is 1. The maximum Gasteiger partial charge on any atom is 0.230 e. The molecule has 0 saturated heterocycles. The standard InChI is InChI=1S/C19H11N3O/c20-10-16-17(13-5-3-9-22-11-13)15-8-7-12-4-1-2-6-14(12)18(15)23-19(16)21/h1-9,11,21H. The molecule has 4 aromatic rings. The molecule has 2 aromatic carbocycles. The van der Waals surface area contributed by atoms with Crippen LogP contribution in [0.4, 0.5) is 0 Å². The van der Waals surface area contributed by atoms with Crippen LogP contribution in [0.15, 0.2) is 65.3 Å². The summed E-state index contributed by atoms with van der Waals surface area (Å²) >= 11 is 0. The van der Waals surface area contributed by atoms with E-state index in [1.54, 1.807) is 12.4 Å². The molecule has 0 aliphatic heterocycles. The number of pyridine rings is 1. The van der Waals surface area contributed by atoms with Gasteiger partial charge in [-0.15, -0.1) is 0 Å². The first-order valence-corrected chi connectivity index (χ1v) is 7.13. The lowest BCUT2D eigenvalue weighted by molar-refractivity contribution is 0.534. The van der Waals surface area contributed by atoms with Gasteiger partial charge in [0.25, 0.3) is 0 Å². The van der Waals surface area contributed by atoms with Crippen LogP contribution < -0.4 is 5.55 Å². The van der Waals surface area contributed by atoms with Crippen LogP contribution in [0, 0.1) is 16.7 Å². The van der Waals surface area contributed by atoms with E-state index in [4.69, 9.17) is 9.83 Å². The highest BCUT2D eigenvalue weighted by atomic mass is 16.3. The number of hydrogen-bond acceptors (Lipinski definition) is 4. The Kier molecular flexibility index (Phi) is 2.92. The van der Waals surface area contributed by atoms with E-state index >= 15 is 0 Å². The van der Waals surface area contributed by atoms with Gasteiger partial charge in [-0.05, 0) is 17.5 Å². The van der Waals surface area contributed by atoms with E-state index in [9.17, 15) is 5.26 Å².